The highest BCUT2D eigenvalue weighted by molar-refractivity contribution is 5.78. The predicted molar refractivity (Wildman–Crippen MR) is 76.6 cm³/mol. The lowest BCUT2D eigenvalue weighted by Crippen LogP contribution is -2.31. The van der Waals surface area contributed by atoms with Crippen molar-refractivity contribution < 1.29 is 19.6 Å². The molecule has 1 aliphatic rings. The van der Waals surface area contributed by atoms with Crippen LogP contribution in [-0.4, -0.2) is 28.1 Å². The number of nitro benzene ring substituents is 1. The molecule has 0 saturated heterocycles. The molecular weight excluding hydrogens is 276 g/mol. The van der Waals surface area contributed by atoms with Gasteiger partial charge < -0.3 is 15.2 Å². The third kappa shape index (κ3) is 4.08. The van der Waals surface area contributed by atoms with Gasteiger partial charge >= 0.3 is 5.97 Å². The number of ether oxygens (including phenoxy) is 1. The molecule has 1 aliphatic carbocycles. The SMILES string of the molecule is CC(C)Oc1cc(NC(C(=O)O)C2CC2)cc([N+](=O)[O-])c1. The average molecular weight is 294 g/mol. The summed E-state index contributed by atoms with van der Waals surface area (Å²) in [6.45, 7) is 3.63. The van der Waals surface area contributed by atoms with E-state index in [1.807, 2.05) is 13.8 Å². The summed E-state index contributed by atoms with van der Waals surface area (Å²) in [6, 6.07) is 3.52. The molecule has 2 rings (SSSR count). The Morgan fingerprint density at radius 1 is 1.43 bits per heavy atom. The third-order valence-electron chi connectivity index (χ3n) is 3.16. The first-order chi connectivity index (χ1) is 9.86. The number of carboxylic acids is 1. The minimum atomic E-state index is -0.949. The number of nitrogens with one attached hydrogen (secondary N) is 1. The van der Waals surface area contributed by atoms with Gasteiger partial charge in [0.15, 0.2) is 0 Å². The zero-order chi connectivity index (χ0) is 15.6. The number of nitro groups is 1. The number of hydrogen-bond donors (Lipinski definition) is 2. The van der Waals surface area contributed by atoms with Crippen molar-refractivity contribution in [2.75, 3.05) is 5.32 Å². The summed E-state index contributed by atoms with van der Waals surface area (Å²) >= 11 is 0. The summed E-state index contributed by atoms with van der Waals surface area (Å²) in [5, 5.41) is 23.0. The van der Waals surface area contributed by atoms with Gasteiger partial charge in [0.05, 0.1) is 17.1 Å². The number of anilines is 1. The third-order valence-corrected chi connectivity index (χ3v) is 3.16. The van der Waals surface area contributed by atoms with Crippen molar-refractivity contribution in [3.63, 3.8) is 0 Å². The van der Waals surface area contributed by atoms with E-state index in [0.717, 1.165) is 12.8 Å². The van der Waals surface area contributed by atoms with E-state index in [1.165, 1.54) is 12.1 Å². The normalized spacial score (nSPS) is 15.6. The summed E-state index contributed by atoms with van der Waals surface area (Å²) in [5.74, 6) is -0.520. The molecule has 0 aliphatic heterocycles. The lowest BCUT2D eigenvalue weighted by molar-refractivity contribution is -0.384. The van der Waals surface area contributed by atoms with Crippen LogP contribution in [0.3, 0.4) is 0 Å². The quantitative estimate of drug-likeness (QED) is 0.592. The van der Waals surface area contributed by atoms with Crippen LogP contribution in [0, 0.1) is 16.0 Å². The minimum Gasteiger partial charge on any atom is -0.491 e. The van der Waals surface area contributed by atoms with Crippen LogP contribution in [0.25, 0.3) is 0 Å². The van der Waals surface area contributed by atoms with E-state index in [-0.39, 0.29) is 17.7 Å². The molecule has 1 aromatic carbocycles. The average Bonchev–Trinajstić information content (AvgIpc) is 3.18. The first-order valence-corrected chi connectivity index (χ1v) is 6.82. The van der Waals surface area contributed by atoms with Crippen molar-refractivity contribution in [3.05, 3.63) is 28.3 Å². The van der Waals surface area contributed by atoms with Crippen LogP contribution in [0.2, 0.25) is 0 Å². The number of non-ortho nitro benzene ring substituents is 1. The number of rotatable bonds is 7. The van der Waals surface area contributed by atoms with E-state index in [4.69, 9.17) is 4.74 Å². The van der Waals surface area contributed by atoms with E-state index in [0.29, 0.717) is 11.4 Å². The van der Waals surface area contributed by atoms with Gasteiger partial charge in [-0.15, -0.1) is 0 Å². The standard InChI is InChI=1S/C14H18N2O5/c1-8(2)21-12-6-10(5-11(7-12)16(19)20)15-13(14(17)18)9-3-4-9/h5-9,13,15H,3-4H2,1-2H3,(H,17,18). The molecule has 7 heteroatoms. The second-order valence-electron chi connectivity index (χ2n) is 5.44. The zero-order valence-electron chi connectivity index (χ0n) is 11.9. The van der Waals surface area contributed by atoms with E-state index in [2.05, 4.69) is 5.32 Å². The highest BCUT2D eigenvalue weighted by Crippen LogP contribution is 2.35. The Hall–Kier alpha value is -2.31. The van der Waals surface area contributed by atoms with Crippen molar-refractivity contribution in [2.45, 2.75) is 38.8 Å². The summed E-state index contributed by atoms with van der Waals surface area (Å²) in [6.07, 6.45) is 1.58. The molecule has 1 fully saturated rings. The molecule has 0 spiro atoms. The molecule has 0 aromatic heterocycles. The summed E-state index contributed by atoms with van der Waals surface area (Å²) < 4.78 is 5.47. The molecule has 1 atom stereocenters. The fourth-order valence-corrected chi connectivity index (χ4v) is 2.10. The van der Waals surface area contributed by atoms with Crippen LogP contribution in [0.5, 0.6) is 5.75 Å². The molecule has 0 bridgehead atoms. The van der Waals surface area contributed by atoms with Crippen molar-refractivity contribution in [3.8, 4) is 5.75 Å². The van der Waals surface area contributed by atoms with Gasteiger partial charge in [0.2, 0.25) is 0 Å². The lowest BCUT2D eigenvalue weighted by Gasteiger charge is -2.16. The molecule has 1 saturated carbocycles. The molecule has 0 radical (unpaired) electrons. The monoisotopic (exact) mass is 294 g/mol. The Labute approximate surface area is 122 Å². The number of carbonyl (C=O) groups is 1. The van der Waals surface area contributed by atoms with Crippen molar-refractivity contribution in [1.29, 1.82) is 0 Å². The number of benzene rings is 1. The van der Waals surface area contributed by atoms with Crippen LogP contribution in [0.4, 0.5) is 11.4 Å². The smallest absolute Gasteiger partial charge is 0.326 e. The van der Waals surface area contributed by atoms with Crippen molar-refractivity contribution in [2.24, 2.45) is 5.92 Å². The van der Waals surface area contributed by atoms with Gasteiger partial charge in [0.25, 0.3) is 5.69 Å². The Bertz CT molecular complexity index is 554. The largest absolute Gasteiger partial charge is 0.491 e. The Morgan fingerprint density at radius 3 is 2.57 bits per heavy atom. The van der Waals surface area contributed by atoms with Crippen LogP contribution >= 0.6 is 0 Å². The highest BCUT2D eigenvalue weighted by Gasteiger charge is 2.36. The second kappa shape index (κ2) is 5.99. The molecule has 0 heterocycles. The van der Waals surface area contributed by atoms with E-state index in [1.54, 1.807) is 6.07 Å². The summed E-state index contributed by atoms with van der Waals surface area (Å²) in [5.41, 5.74) is 0.259. The molecule has 1 aromatic rings. The van der Waals surface area contributed by atoms with Gasteiger partial charge in [-0.25, -0.2) is 4.79 Å². The molecular formula is C14H18N2O5. The van der Waals surface area contributed by atoms with E-state index < -0.39 is 16.9 Å². The number of nitrogens with zero attached hydrogens (tertiary/aromatic N) is 1. The van der Waals surface area contributed by atoms with Gasteiger partial charge in [0.1, 0.15) is 11.8 Å². The number of aliphatic carboxylic acids is 1. The molecule has 7 nitrogen and oxygen atoms in total. The second-order valence-corrected chi connectivity index (χ2v) is 5.44. The Morgan fingerprint density at radius 2 is 2.10 bits per heavy atom. The van der Waals surface area contributed by atoms with Crippen molar-refractivity contribution in [1.82, 2.24) is 0 Å². The van der Waals surface area contributed by atoms with E-state index in [9.17, 15) is 20.0 Å². The van der Waals surface area contributed by atoms with E-state index >= 15 is 0 Å². The van der Waals surface area contributed by atoms with Crippen molar-refractivity contribution >= 4 is 17.3 Å². The van der Waals surface area contributed by atoms with Crippen LogP contribution < -0.4 is 10.1 Å². The van der Waals surface area contributed by atoms with Crippen LogP contribution in [0.15, 0.2) is 18.2 Å². The number of hydrogen-bond acceptors (Lipinski definition) is 5. The predicted octanol–water partition coefficient (Wildman–Crippen LogP) is 2.66. The first-order valence-electron chi connectivity index (χ1n) is 6.82. The molecule has 21 heavy (non-hydrogen) atoms. The molecule has 114 valence electrons. The zero-order valence-corrected chi connectivity index (χ0v) is 11.9. The lowest BCUT2D eigenvalue weighted by atomic mass is 10.1. The topological polar surface area (TPSA) is 102 Å². The first kappa shape index (κ1) is 15.1. The minimum absolute atomic E-state index is 0.0798. The van der Waals surface area contributed by atoms with Gasteiger partial charge in [-0.2, -0.15) is 0 Å². The van der Waals surface area contributed by atoms with Crippen LogP contribution in [-0.2, 0) is 4.79 Å². The van der Waals surface area contributed by atoms with Gasteiger partial charge in [-0.3, -0.25) is 10.1 Å². The molecule has 2 N–H and O–H groups in total. The fourth-order valence-electron chi connectivity index (χ4n) is 2.10. The Kier molecular flexibility index (Phi) is 4.30. The molecule has 1 unspecified atom stereocenters. The number of carboxylic acid groups (broad SMARTS) is 1. The maximum absolute atomic E-state index is 11.2. The van der Waals surface area contributed by atoms with Gasteiger partial charge in [-0.1, -0.05) is 0 Å². The summed E-state index contributed by atoms with van der Waals surface area (Å²) in [7, 11) is 0. The van der Waals surface area contributed by atoms with Crippen LogP contribution in [0.1, 0.15) is 26.7 Å². The Balaban J connectivity index is 2.26. The maximum Gasteiger partial charge on any atom is 0.326 e. The van der Waals surface area contributed by atoms with Gasteiger partial charge in [-0.05, 0) is 32.6 Å². The maximum atomic E-state index is 11.2. The molecule has 0 amide bonds. The highest BCUT2D eigenvalue weighted by atomic mass is 16.6. The fraction of sp³-hybridized carbons (Fsp3) is 0.500. The summed E-state index contributed by atoms with van der Waals surface area (Å²) in [4.78, 5) is 21.7. The van der Waals surface area contributed by atoms with Gasteiger partial charge in [0, 0.05) is 17.8 Å².